The summed E-state index contributed by atoms with van der Waals surface area (Å²) in [7, 11) is 0. The van der Waals surface area contributed by atoms with Crippen LogP contribution in [0.4, 0.5) is 5.69 Å². The number of carbonyl (C=O) groups is 1. The molecule has 0 spiro atoms. The second kappa shape index (κ2) is 6.68. The van der Waals surface area contributed by atoms with Gasteiger partial charge in [-0.25, -0.2) is 9.50 Å². The minimum Gasteiger partial charge on any atom is -0.398 e. The molecule has 0 aliphatic carbocycles. The number of amides is 1. The smallest absolute Gasteiger partial charge is 0.256 e. The van der Waals surface area contributed by atoms with Crippen LogP contribution in [0.5, 0.6) is 0 Å². The predicted molar refractivity (Wildman–Crippen MR) is 106 cm³/mol. The van der Waals surface area contributed by atoms with Gasteiger partial charge in [-0.2, -0.15) is 5.10 Å². The Kier molecular flexibility index (Phi) is 4.34. The average molecular weight is 363 g/mol. The Morgan fingerprint density at radius 1 is 1.19 bits per heavy atom. The number of hydrogen-bond donors (Lipinski definition) is 1. The lowest BCUT2D eigenvalue weighted by molar-refractivity contribution is 0.0606. The van der Waals surface area contributed by atoms with Gasteiger partial charge in [0.1, 0.15) is 0 Å². The van der Waals surface area contributed by atoms with Gasteiger partial charge in [0.15, 0.2) is 5.65 Å². The van der Waals surface area contributed by atoms with Gasteiger partial charge >= 0.3 is 0 Å². The van der Waals surface area contributed by atoms with Crippen molar-refractivity contribution >= 4 is 17.2 Å². The fourth-order valence-electron chi connectivity index (χ4n) is 3.89. The largest absolute Gasteiger partial charge is 0.398 e. The summed E-state index contributed by atoms with van der Waals surface area (Å²) in [5.74, 6) is -0.00678. The molecule has 6 nitrogen and oxygen atoms in total. The molecule has 0 radical (unpaired) electrons. The first kappa shape index (κ1) is 17.5. The maximum atomic E-state index is 13.3. The standard InChI is InChI=1S/C21H25N5O/c1-13-7-6-8-16(22)20(13)21(27)25-10-5-4-9-18(25)17-11-19-23-15(3)14(2)12-26(19)24-17/h6-8,11-12,18H,4-5,9-10,22H2,1-3H3/t18-/m0/s1. The lowest BCUT2D eigenvalue weighted by atomic mass is 9.96. The second-order valence-electron chi connectivity index (χ2n) is 7.43. The highest BCUT2D eigenvalue weighted by atomic mass is 16.2. The van der Waals surface area contributed by atoms with Crippen LogP contribution in [0.2, 0.25) is 0 Å². The summed E-state index contributed by atoms with van der Waals surface area (Å²) in [6, 6.07) is 7.56. The summed E-state index contributed by atoms with van der Waals surface area (Å²) in [4.78, 5) is 19.9. The Labute approximate surface area is 159 Å². The molecule has 3 aromatic rings. The Balaban J connectivity index is 1.74. The van der Waals surface area contributed by atoms with Crippen molar-refractivity contribution in [3.63, 3.8) is 0 Å². The number of likely N-dealkylation sites (tertiary alicyclic amines) is 1. The van der Waals surface area contributed by atoms with E-state index in [-0.39, 0.29) is 11.9 Å². The maximum Gasteiger partial charge on any atom is 0.256 e. The summed E-state index contributed by atoms with van der Waals surface area (Å²) in [6.45, 7) is 6.68. The summed E-state index contributed by atoms with van der Waals surface area (Å²) in [6.07, 6.45) is 4.98. The second-order valence-corrected chi connectivity index (χ2v) is 7.43. The highest BCUT2D eigenvalue weighted by molar-refractivity contribution is 6.00. The summed E-state index contributed by atoms with van der Waals surface area (Å²) < 4.78 is 1.82. The van der Waals surface area contributed by atoms with Crippen molar-refractivity contribution in [3.8, 4) is 0 Å². The van der Waals surface area contributed by atoms with Crippen molar-refractivity contribution in [3.05, 3.63) is 58.5 Å². The summed E-state index contributed by atoms with van der Waals surface area (Å²) in [5.41, 5.74) is 12.0. The molecule has 1 aromatic carbocycles. The molecule has 3 heterocycles. The topological polar surface area (TPSA) is 76.5 Å². The van der Waals surface area contributed by atoms with Gasteiger partial charge < -0.3 is 10.6 Å². The Hall–Kier alpha value is -2.89. The highest BCUT2D eigenvalue weighted by Crippen LogP contribution is 2.33. The van der Waals surface area contributed by atoms with Gasteiger partial charge in [0.05, 0.1) is 17.3 Å². The maximum absolute atomic E-state index is 13.3. The van der Waals surface area contributed by atoms with Crippen molar-refractivity contribution in [1.29, 1.82) is 0 Å². The van der Waals surface area contributed by atoms with Gasteiger partial charge in [0, 0.05) is 30.2 Å². The normalized spacial score (nSPS) is 17.4. The van der Waals surface area contributed by atoms with Crippen LogP contribution in [0, 0.1) is 20.8 Å². The van der Waals surface area contributed by atoms with Crippen LogP contribution in [-0.4, -0.2) is 31.9 Å². The van der Waals surface area contributed by atoms with Gasteiger partial charge in [0.25, 0.3) is 5.91 Å². The van der Waals surface area contributed by atoms with Gasteiger partial charge in [-0.05, 0) is 57.2 Å². The SMILES string of the molecule is Cc1cn2nc([C@@H]3CCCCN3C(=O)c3c(C)cccc3N)cc2nc1C. The molecule has 2 N–H and O–H groups in total. The number of benzene rings is 1. The van der Waals surface area contributed by atoms with Gasteiger partial charge in [-0.3, -0.25) is 4.79 Å². The first-order valence-corrected chi connectivity index (χ1v) is 9.45. The number of aryl methyl sites for hydroxylation is 3. The van der Waals surface area contributed by atoms with Crippen LogP contribution in [0.25, 0.3) is 5.65 Å². The number of nitrogen functional groups attached to an aromatic ring is 1. The number of piperidine rings is 1. The quantitative estimate of drug-likeness (QED) is 0.706. The van der Waals surface area contributed by atoms with E-state index in [4.69, 9.17) is 10.8 Å². The lowest BCUT2D eigenvalue weighted by Crippen LogP contribution is -2.39. The zero-order valence-corrected chi connectivity index (χ0v) is 16.1. The average Bonchev–Trinajstić information content (AvgIpc) is 3.04. The van der Waals surface area contributed by atoms with Crippen LogP contribution < -0.4 is 5.73 Å². The number of nitrogens with two attached hydrogens (primary N) is 1. The Morgan fingerprint density at radius 2 is 2.00 bits per heavy atom. The minimum absolute atomic E-state index is 0.00678. The molecule has 1 saturated heterocycles. The first-order valence-electron chi connectivity index (χ1n) is 9.45. The molecule has 2 aromatic heterocycles. The summed E-state index contributed by atoms with van der Waals surface area (Å²) in [5, 5.41) is 4.74. The van der Waals surface area contributed by atoms with E-state index in [1.165, 1.54) is 0 Å². The van der Waals surface area contributed by atoms with Crippen LogP contribution >= 0.6 is 0 Å². The van der Waals surface area contributed by atoms with Crippen molar-refractivity contribution in [2.24, 2.45) is 0 Å². The molecular weight excluding hydrogens is 338 g/mol. The first-order chi connectivity index (χ1) is 13.0. The molecule has 1 aliphatic rings. The van der Waals surface area contributed by atoms with E-state index in [1.54, 1.807) is 6.07 Å². The molecule has 1 fully saturated rings. The van der Waals surface area contributed by atoms with Crippen LogP contribution in [0.15, 0.2) is 30.5 Å². The van der Waals surface area contributed by atoms with Gasteiger partial charge in [-0.1, -0.05) is 12.1 Å². The van der Waals surface area contributed by atoms with E-state index in [1.807, 2.05) is 54.6 Å². The van der Waals surface area contributed by atoms with Crippen molar-refractivity contribution < 1.29 is 4.79 Å². The molecule has 0 bridgehead atoms. The molecule has 1 amide bonds. The molecule has 0 saturated carbocycles. The summed E-state index contributed by atoms with van der Waals surface area (Å²) >= 11 is 0. The Bertz CT molecular complexity index is 964. The third kappa shape index (κ3) is 3.05. The van der Waals surface area contributed by atoms with Crippen LogP contribution in [0.1, 0.15) is 58.2 Å². The zero-order chi connectivity index (χ0) is 19.1. The predicted octanol–water partition coefficient (Wildman–Crippen LogP) is 3.60. The monoisotopic (exact) mass is 363 g/mol. The third-order valence-corrected chi connectivity index (χ3v) is 5.53. The number of hydrogen-bond acceptors (Lipinski definition) is 4. The van der Waals surface area contributed by atoms with Crippen LogP contribution in [-0.2, 0) is 0 Å². The van der Waals surface area contributed by atoms with E-state index >= 15 is 0 Å². The van der Waals surface area contributed by atoms with Gasteiger partial charge in [0.2, 0.25) is 0 Å². The molecule has 1 aliphatic heterocycles. The van der Waals surface area contributed by atoms with Crippen LogP contribution in [0.3, 0.4) is 0 Å². The molecule has 0 unspecified atom stereocenters. The molecule has 27 heavy (non-hydrogen) atoms. The van der Waals surface area contributed by atoms with Gasteiger partial charge in [-0.15, -0.1) is 0 Å². The highest BCUT2D eigenvalue weighted by Gasteiger charge is 2.32. The number of nitrogens with zero attached hydrogens (tertiary/aromatic N) is 4. The van der Waals surface area contributed by atoms with E-state index in [2.05, 4.69) is 4.98 Å². The number of aromatic nitrogens is 3. The molecule has 6 heteroatoms. The molecule has 4 rings (SSSR count). The zero-order valence-electron chi connectivity index (χ0n) is 16.1. The molecule has 140 valence electrons. The number of anilines is 1. The molecule has 1 atom stereocenters. The van der Waals surface area contributed by atoms with Crippen molar-refractivity contribution in [1.82, 2.24) is 19.5 Å². The van der Waals surface area contributed by atoms with E-state index in [9.17, 15) is 4.79 Å². The third-order valence-electron chi connectivity index (χ3n) is 5.53. The van der Waals surface area contributed by atoms with E-state index in [0.717, 1.165) is 54.0 Å². The van der Waals surface area contributed by atoms with E-state index in [0.29, 0.717) is 11.3 Å². The van der Waals surface area contributed by atoms with Crippen molar-refractivity contribution in [2.45, 2.75) is 46.1 Å². The number of carbonyl (C=O) groups excluding carboxylic acids is 1. The minimum atomic E-state index is -0.0485. The van der Waals surface area contributed by atoms with Crippen molar-refractivity contribution in [2.75, 3.05) is 12.3 Å². The molecular formula is C21H25N5O. The fourth-order valence-corrected chi connectivity index (χ4v) is 3.89. The number of rotatable bonds is 2. The fraction of sp³-hybridized carbons (Fsp3) is 0.381. The number of fused-ring (bicyclic) bond motifs is 1. The van der Waals surface area contributed by atoms with E-state index < -0.39 is 0 Å². The Morgan fingerprint density at radius 3 is 2.78 bits per heavy atom. The lowest BCUT2D eigenvalue weighted by Gasteiger charge is -2.35.